The first kappa shape index (κ1) is 17.4. The number of amides is 1. The van der Waals surface area contributed by atoms with Crippen LogP contribution < -0.4 is 5.32 Å². The van der Waals surface area contributed by atoms with Crippen molar-refractivity contribution in [3.63, 3.8) is 0 Å². The first-order valence-corrected chi connectivity index (χ1v) is 8.94. The number of benzene rings is 1. The van der Waals surface area contributed by atoms with Crippen molar-refractivity contribution in [2.75, 3.05) is 13.2 Å². The van der Waals surface area contributed by atoms with Crippen molar-refractivity contribution in [1.82, 2.24) is 10.3 Å². The summed E-state index contributed by atoms with van der Waals surface area (Å²) in [7, 11) is 0. The SMILES string of the molecule is CCCNC(=O)COC(=O)c1c2c(nc3ccccc13)CCC(C)C2. The zero-order valence-electron chi connectivity index (χ0n) is 14.8. The van der Waals surface area contributed by atoms with Crippen molar-refractivity contribution in [3.05, 3.63) is 41.1 Å². The van der Waals surface area contributed by atoms with E-state index in [1.165, 1.54) is 0 Å². The summed E-state index contributed by atoms with van der Waals surface area (Å²) in [6.07, 6.45) is 3.62. The van der Waals surface area contributed by atoms with Gasteiger partial charge in [-0.2, -0.15) is 0 Å². The van der Waals surface area contributed by atoms with Crippen LogP contribution in [-0.2, 0) is 22.4 Å². The van der Waals surface area contributed by atoms with E-state index >= 15 is 0 Å². The quantitative estimate of drug-likeness (QED) is 0.850. The number of fused-ring (bicyclic) bond motifs is 2. The topological polar surface area (TPSA) is 68.3 Å². The zero-order chi connectivity index (χ0) is 17.8. The van der Waals surface area contributed by atoms with Crippen molar-refractivity contribution in [1.29, 1.82) is 0 Å². The number of carbonyl (C=O) groups excluding carboxylic acids is 2. The Morgan fingerprint density at radius 1 is 1.32 bits per heavy atom. The molecular weight excluding hydrogens is 316 g/mol. The molecule has 1 atom stereocenters. The van der Waals surface area contributed by atoms with E-state index < -0.39 is 5.97 Å². The van der Waals surface area contributed by atoms with Crippen LogP contribution in [0.1, 0.15) is 48.3 Å². The maximum Gasteiger partial charge on any atom is 0.339 e. The van der Waals surface area contributed by atoms with Gasteiger partial charge in [0.25, 0.3) is 5.91 Å². The van der Waals surface area contributed by atoms with Gasteiger partial charge in [-0.3, -0.25) is 9.78 Å². The van der Waals surface area contributed by atoms with Gasteiger partial charge in [-0.15, -0.1) is 0 Å². The van der Waals surface area contributed by atoms with Gasteiger partial charge in [0.05, 0.1) is 11.1 Å². The molecule has 132 valence electrons. The number of nitrogens with zero attached hydrogens (tertiary/aromatic N) is 1. The van der Waals surface area contributed by atoms with Crippen molar-refractivity contribution in [3.8, 4) is 0 Å². The molecule has 0 saturated carbocycles. The molecule has 1 unspecified atom stereocenters. The zero-order valence-corrected chi connectivity index (χ0v) is 14.8. The van der Waals surface area contributed by atoms with Crippen LogP contribution in [0, 0.1) is 5.92 Å². The Kier molecular flexibility index (Phi) is 5.31. The summed E-state index contributed by atoms with van der Waals surface area (Å²) in [6, 6.07) is 7.63. The molecule has 25 heavy (non-hydrogen) atoms. The minimum Gasteiger partial charge on any atom is -0.452 e. The molecule has 0 saturated heterocycles. The molecule has 1 aliphatic rings. The van der Waals surface area contributed by atoms with Crippen molar-refractivity contribution >= 4 is 22.8 Å². The molecule has 5 nitrogen and oxygen atoms in total. The molecule has 1 N–H and O–H groups in total. The number of esters is 1. The minimum absolute atomic E-state index is 0.250. The third-order valence-corrected chi connectivity index (χ3v) is 4.62. The highest BCUT2D eigenvalue weighted by Gasteiger charge is 2.26. The highest BCUT2D eigenvalue weighted by Crippen LogP contribution is 2.31. The average molecular weight is 340 g/mol. The van der Waals surface area contributed by atoms with E-state index in [1.54, 1.807) is 0 Å². The Balaban J connectivity index is 1.92. The van der Waals surface area contributed by atoms with Crippen LogP contribution in [0.4, 0.5) is 0 Å². The number of hydrogen-bond acceptors (Lipinski definition) is 4. The number of nitrogens with one attached hydrogen (secondary N) is 1. The summed E-state index contributed by atoms with van der Waals surface area (Å²) in [5, 5.41) is 3.52. The molecule has 5 heteroatoms. The summed E-state index contributed by atoms with van der Waals surface area (Å²) in [4.78, 5) is 29.3. The van der Waals surface area contributed by atoms with Crippen LogP contribution in [0.2, 0.25) is 0 Å². The van der Waals surface area contributed by atoms with Gasteiger partial charge in [0, 0.05) is 17.6 Å². The van der Waals surface area contributed by atoms with Crippen molar-refractivity contribution in [2.45, 2.75) is 39.5 Å². The summed E-state index contributed by atoms with van der Waals surface area (Å²) < 4.78 is 5.32. The van der Waals surface area contributed by atoms with E-state index in [4.69, 9.17) is 9.72 Å². The predicted molar refractivity (Wildman–Crippen MR) is 96.5 cm³/mol. The number of ether oxygens (including phenoxy) is 1. The van der Waals surface area contributed by atoms with Gasteiger partial charge >= 0.3 is 5.97 Å². The molecule has 0 radical (unpaired) electrons. The number of hydrogen-bond donors (Lipinski definition) is 1. The number of para-hydroxylation sites is 1. The van der Waals surface area contributed by atoms with Gasteiger partial charge in [-0.25, -0.2) is 4.79 Å². The lowest BCUT2D eigenvalue weighted by Crippen LogP contribution is -2.29. The van der Waals surface area contributed by atoms with Crippen molar-refractivity contribution < 1.29 is 14.3 Å². The lowest BCUT2D eigenvalue weighted by molar-refractivity contribution is -0.124. The maximum absolute atomic E-state index is 12.8. The van der Waals surface area contributed by atoms with E-state index in [1.807, 2.05) is 31.2 Å². The lowest BCUT2D eigenvalue weighted by Gasteiger charge is -2.24. The highest BCUT2D eigenvalue weighted by molar-refractivity contribution is 6.05. The Morgan fingerprint density at radius 3 is 2.92 bits per heavy atom. The van der Waals surface area contributed by atoms with Gasteiger partial charge in [0.1, 0.15) is 0 Å². The lowest BCUT2D eigenvalue weighted by atomic mass is 9.84. The second kappa shape index (κ2) is 7.64. The molecule has 2 aromatic rings. The van der Waals surface area contributed by atoms with Gasteiger partial charge in [0.2, 0.25) is 0 Å². The smallest absolute Gasteiger partial charge is 0.339 e. The number of aryl methyl sites for hydroxylation is 1. The third kappa shape index (κ3) is 3.81. The standard InChI is InChI=1S/C20H24N2O3/c1-3-10-21-18(23)12-25-20(24)19-14-6-4-5-7-16(14)22-17-9-8-13(2)11-15(17)19/h4-7,13H,3,8-12H2,1-2H3,(H,21,23). The number of rotatable bonds is 5. The number of pyridine rings is 1. The molecule has 1 heterocycles. The van der Waals surface area contributed by atoms with Crippen LogP contribution in [0.25, 0.3) is 10.9 Å². The Morgan fingerprint density at radius 2 is 2.12 bits per heavy atom. The van der Waals surface area contributed by atoms with E-state index in [9.17, 15) is 9.59 Å². The van der Waals surface area contributed by atoms with Crippen LogP contribution in [0.5, 0.6) is 0 Å². The fourth-order valence-electron chi connectivity index (χ4n) is 3.31. The molecule has 0 spiro atoms. The van der Waals surface area contributed by atoms with E-state index in [0.717, 1.165) is 47.8 Å². The van der Waals surface area contributed by atoms with Gasteiger partial charge in [-0.1, -0.05) is 32.0 Å². The first-order chi connectivity index (χ1) is 12.1. The summed E-state index contributed by atoms with van der Waals surface area (Å²) in [5.74, 6) is -0.193. The molecular formula is C20H24N2O3. The van der Waals surface area contributed by atoms with Gasteiger partial charge in [-0.05, 0) is 43.2 Å². The Hall–Kier alpha value is -2.43. The number of carbonyl (C=O) groups is 2. The van der Waals surface area contributed by atoms with E-state index in [0.29, 0.717) is 18.0 Å². The van der Waals surface area contributed by atoms with Gasteiger partial charge < -0.3 is 10.1 Å². The summed E-state index contributed by atoms with van der Waals surface area (Å²) in [5.41, 5.74) is 3.35. The largest absolute Gasteiger partial charge is 0.452 e. The minimum atomic E-state index is -0.435. The highest BCUT2D eigenvalue weighted by atomic mass is 16.5. The molecule has 0 bridgehead atoms. The molecule has 1 amide bonds. The van der Waals surface area contributed by atoms with Crippen LogP contribution in [-0.4, -0.2) is 30.0 Å². The molecule has 0 aliphatic heterocycles. The average Bonchev–Trinajstić information content (AvgIpc) is 2.62. The normalized spacial score (nSPS) is 16.3. The fourth-order valence-corrected chi connectivity index (χ4v) is 3.31. The van der Waals surface area contributed by atoms with Crippen LogP contribution in [0.15, 0.2) is 24.3 Å². The van der Waals surface area contributed by atoms with E-state index in [2.05, 4.69) is 12.2 Å². The molecule has 1 aromatic carbocycles. The van der Waals surface area contributed by atoms with Crippen LogP contribution >= 0.6 is 0 Å². The Labute approximate surface area is 147 Å². The molecule has 1 aliphatic carbocycles. The maximum atomic E-state index is 12.8. The monoisotopic (exact) mass is 340 g/mol. The molecule has 0 fully saturated rings. The fraction of sp³-hybridized carbons (Fsp3) is 0.450. The first-order valence-electron chi connectivity index (χ1n) is 8.94. The Bertz CT molecular complexity index is 801. The summed E-state index contributed by atoms with van der Waals surface area (Å²) >= 11 is 0. The summed E-state index contributed by atoms with van der Waals surface area (Å²) in [6.45, 7) is 4.50. The number of aromatic nitrogens is 1. The third-order valence-electron chi connectivity index (χ3n) is 4.62. The molecule has 1 aromatic heterocycles. The van der Waals surface area contributed by atoms with Crippen molar-refractivity contribution in [2.24, 2.45) is 5.92 Å². The van der Waals surface area contributed by atoms with Gasteiger partial charge in [0.15, 0.2) is 6.61 Å². The second-order valence-corrected chi connectivity index (χ2v) is 6.70. The second-order valence-electron chi connectivity index (χ2n) is 6.70. The van der Waals surface area contributed by atoms with Crippen LogP contribution in [0.3, 0.4) is 0 Å². The predicted octanol–water partition coefficient (Wildman–Crippen LogP) is 3.04. The van der Waals surface area contributed by atoms with E-state index in [-0.39, 0.29) is 12.5 Å². The molecule has 3 rings (SSSR count).